The lowest BCUT2D eigenvalue weighted by molar-refractivity contribution is -0.110. The van der Waals surface area contributed by atoms with Gasteiger partial charge in [0, 0.05) is 8.27 Å². The smallest absolute Gasteiger partial charge is 0.210 e. The third-order valence-corrected chi connectivity index (χ3v) is 0.604. The Morgan fingerprint density at radius 1 is 2.14 bits per heavy atom. The summed E-state index contributed by atoms with van der Waals surface area (Å²) in [6.45, 7) is -0.483. The van der Waals surface area contributed by atoms with Gasteiger partial charge in [0.05, 0.1) is 0 Å². The highest BCUT2D eigenvalue weighted by Gasteiger charge is 1.97. The highest BCUT2D eigenvalue weighted by molar-refractivity contribution is 6.82. The van der Waals surface area contributed by atoms with Crippen molar-refractivity contribution in [1.82, 2.24) is 0 Å². The van der Waals surface area contributed by atoms with E-state index in [1.54, 1.807) is 0 Å². The molecule has 0 aromatic heterocycles. The summed E-state index contributed by atoms with van der Waals surface area (Å²) in [6, 6.07) is 0. The Kier molecular flexibility index (Phi) is 1.69. The molecule has 3 nitrogen and oxygen atoms in total. The van der Waals surface area contributed by atoms with Crippen molar-refractivity contribution < 1.29 is 11.4 Å². The van der Waals surface area contributed by atoms with Crippen molar-refractivity contribution in [2.75, 3.05) is 0 Å². The highest BCUT2D eigenvalue weighted by Crippen LogP contribution is 1.83. The summed E-state index contributed by atoms with van der Waals surface area (Å²) in [5, 5.41) is 9.62. The monoisotopic (exact) mass is 122 g/mol. The largest absolute Gasteiger partial charge is 0.410 e. The molecular formula is C3H4ClNO2. The molecule has 4 heteroatoms. The molecule has 0 saturated carbocycles. The molecule has 0 aliphatic heterocycles. The van der Waals surface area contributed by atoms with Gasteiger partial charge in [-0.3, -0.25) is 4.79 Å². The first-order chi connectivity index (χ1) is 3.72. The predicted molar refractivity (Wildman–Crippen MR) is 25.8 cm³/mol. The molecule has 0 atom stereocenters. The van der Waals surface area contributed by atoms with Gasteiger partial charge in [0.2, 0.25) is 5.17 Å². The molecule has 1 N–H and O–H groups in total. The van der Waals surface area contributed by atoms with Crippen LogP contribution in [-0.2, 0) is 4.79 Å². The number of hydrogen-bond acceptors (Lipinski definition) is 3. The number of carbonyl (C=O) groups excluding carboxylic acids is 1. The number of halogens is 1. The third-order valence-electron chi connectivity index (χ3n) is 0.318. The molecule has 0 radical (unpaired) electrons. The molecule has 0 unspecified atom stereocenters. The Hall–Kier alpha value is -0.570. The Balaban J connectivity index is 3.83. The van der Waals surface area contributed by atoms with E-state index in [-0.39, 0.29) is 0 Å². The van der Waals surface area contributed by atoms with Crippen molar-refractivity contribution in [2.45, 2.75) is 6.90 Å². The van der Waals surface area contributed by atoms with E-state index in [9.17, 15) is 4.79 Å². The van der Waals surface area contributed by atoms with E-state index in [0.717, 1.165) is 0 Å². The summed E-state index contributed by atoms with van der Waals surface area (Å²) >= 11 is 4.95. The molecule has 0 aromatic rings. The van der Waals surface area contributed by atoms with Gasteiger partial charge in [0.15, 0.2) is 5.78 Å². The average Bonchev–Trinajstić information content (AvgIpc) is 1.84. The zero-order valence-corrected chi connectivity index (χ0v) is 4.14. The maximum absolute atomic E-state index is 10.1. The van der Waals surface area contributed by atoms with Gasteiger partial charge in [-0.25, -0.2) is 0 Å². The molecule has 0 amide bonds. The number of hydrogen-bond donors (Lipinski definition) is 1. The third kappa shape index (κ3) is 2.17. The SMILES string of the molecule is [2H]CC(=O)C(Cl)=NO. The van der Waals surface area contributed by atoms with Gasteiger partial charge in [0.25, 0.3) is 0 Å². The van der Waals surface area contributed by atoms with Crippen LogP contribution >= 0.6 is 11.6 Å². The van der Waals surface area contributed by atoms with E-state index in [0.29, 0.717) is 0 Å². The maximum Gasteiger partial charge on any atom is 0.210 e. The van der Waals surface area contributed by atoms with Gasteiger partial charge >= 0.3 is 0 Å². The van der Waals surface area contributed by atoms with Crippen molar-refractivity contribution in [2.24, 2.45) is 5.16 Å². The fourth-order valence-corrected chi connectivity index (χ4v) is 0.0558. The minimum Gasteiger partial charge on any atom is -0.410 e. The van der Waals surface area contributed by atoms with Gasteiger partial charge in [0.1, 0.15) is 0 Å². The molecule has 0 bridgehead atoms. The number of carbonyl (C=O) groups is 1. The fourth-order valence-electron chi connectivity index (χ4n) is 0.0558. The van der Waals surface area contributed by atoms with Gasteiger partial charge in [-0.2, -0.15) is 0 Å². The molecule has 0 heterocycles. The average molecular weight is 123 g/mol. The first-order valence-corrected chi connectivity index (χ1v) is 1.80. The van der Waals surface area contributed by atoms with Gasteiger partial charge in [-0.05, 0) is 0 Å². The summed E-state index contributed by atoms with van der Waals surface area (Å²) in [6.07, 6.45) is 0. The molecule has 0 fully saturated rings. The molecule has 0 saturated heterocycles. The lowest BCUT2D eigenvalue weighted by Crippen LogP contribution is -1.99. The van der Waals surface area contributed by atoms with Gasteiger partial charge in [-0.1, -0.05) is 16.8 Å². The maximum atomic E-state index is 10.1. The molecule has 0 aromatic carbocycles. The number of oxime groups is 1. The van der Waals surface area contributed by atoms with E-state index in [1.165, 1.54) is 0 Å². The molecule has 0 rings (SSSR count). The minimum absolute atomic E-state index is 0.483. The summed E-state index contributed by atoms with van der Waals surface area (Å²) in [4.78, 5) is 10.1. The van der Waals surface area contributed by atoms with Crippen LogP contribution in [0.3, 0.4) is 0 Å². The summed E-state index contributed by atoms with van der Waals surface area (Å²) in [7, 11) is 0. The Labute approximate surface area is 47.0 Å². The van der Waals surface area contributed by atoms with E-state index < -0.39 is 17.9 Å². The zero-order valence-electron chi connectivity index (χ0n) is 4.39. The number of rotatable bonds is 1. The van der Waals surface area contributed by atoms with Crippen LogP contribution in [0.25, 0.3) is 0 Å². The first-order valence-electron chi connectivity index (χ1n) is 2.13. The van der Waals surface area contributed by atoms with Crippen LogP contribution in [0.4, 0.5) is 0 Å². The second-order valence-electron chi connectivity index (χ2n) is 0.814. The normalized spacial score (nSPS) is 13.3. The summed E-state index contributed by atoms with van der Waals surface area (Å²) in [5.41, 5.74) is 0. The molecule has 40 valence electrons. The fraction of sp³-hybridized carbons (Fsp3) is 0.333. The second kappa shape index (κ2) is 2.58. The molecular weight excluding hydrogens is 117 g/mol. The van der Waals surface area contributed by atoms with Gasteiger partial charge < -0.3 is 5.21 Å². The van der Waals surface area contributed by atoms with Crippen molar-refractivity contribution in [1.29, 1.82) is 0 Å². The van der Waals surface area contributed by atoms with Crippen LogP contribution in [0.5, 0.6) is 0 Å². The molecule has 0 spiro atoms. The number of Topliss-reactive ketones (excluding diaryl/α,β-unsaturated/α-hetero) is 1. The van der Waals surface area contributed by atoms with Gasteiger partial charge in [-0.15, -0.1) is 0 Å². The van der Waals surface area contributed by atoms with Crippen LogP contribution in [0, 0.1) is 0 Å². The Morgan fingerprint density at radius 3 is 2.86 bits per heavy atom. The molecule has 0 aliphatic rings. The number of ketones is 1. The van der Waals surface area contributed by atoms with E-state index in [2.05, 4.69) is 5.16 Å². The van der Waals surface area contributed by atoms with Crippen LogP contribution in [0.1, 0.15) is 8.27 Å². The van der Waals surface area contributed by atoms with E-state index in [4.69, 9.17) is 18.2 Å². The van der Waals surface area contributed by atoms with E-state index >= 15 is 0 Å². The number of nitrogens with zero attached hydrogens (tertiary/aromatic N) is 1. The quantitative estimate of drug-likeness (QED) is 0.315. The molecule has 0 aliphatic carbocycles. The van der Waals surface area contributed by atoms with Crippen molar-refractivity contribution in [3.63, 3.8) is 0 Å². The van der Waals surface area contributed by atoms with Crippen LogP contribution in [0.15, 0.2) is 5.16 Å². The van der Waals surface area contributed by atoms with Crippen molar-refractivity contribution in [3.8, 4) is 0 Å². The highest BCUT2D eigenvalue weighted by atomic mass is 35.5. The lowest BCUT2D eigenvalue weighted by atomic mass is 10.5. The van der Waals surface area contributed by atoms with Crippen LogP contribution < -0.4 is 0 Å². The predicted octanol–water partition coefficient (Wildman–Crippen LogP) is 0.602. The Bertz CT molecular complexity index is 124. The topological polar surface area (TPSA) is 49.7 Å². The second-order valence-corrected chi connectivity index (χ2v) is 1.17. The van der Waals surface area contributed by atoms with Crippen LogP contribution in [-0.4, -0.2) is 16.2 Å². The standard InChI is InChI=1S/C3H4ClNO2/c1-2(6)3(4)5-7/h7H,1H3/i1D. The van der Waals surface area contributed by atoms with Crippen molar-refractivity contribution >= 4 is 22.6 Å². The Morgan fingerprint density at radius 2 is 2.71 bits per heavy atom. The summed E-state index contributed by atoms with van der Waals surface area (Å²) < 4.78 is 6.42. The molecule has 7 heavy (non-hydrogen) atoms. The summed E-state index contributed by atoms with van der Waals surface area (Å²) in [5.74, 6) is -0.686. The van der Waals surface area contributed by atoms with Crippen LogP contribution in [0.2, 0.25) is 0 Å². The zero-order chi connectivity index (χ0) is 6.57. The van der Waals surface area contributed by atoms with E-state index in [1.807, 2.05) is 0 Å². The minimum atomic E-state index is -0.686. The lowest BCUT2D eigenvalue weighted by Gasteiger charge is -1.79. The first kappa shape index (κ1) is 4.59. The van der Waals surface area contributed by atoms with Crippen molar-refractivity contribution in [3.05, 3.63) is 0 Å².